The van der Waals surface area contributed by atoms with Gasteiger partial charge < -0.3 is 23.7 Å². The van der Waals surface area contributed by atoms with Gasteiger partial charge in [-0.1, -0.05) is 12.2 Å². The first-order valence-corrected chi connectivity index (χ1v) is 9.94. The SMILES string of the molecule is COc1cc(OC)c(C2=COC3CC4OC(C)(C)C=CC4CC3C2=O)cc1OC. The molecule has 4 unspecified atom stereocenters. The Kier molecular flexibility index (Phi) is 5.07. The first-order valence-electron chi connectivity index (χ1n) is 9.94. The lowest BCUT2D eigenvalue weighted by molar-refractivity contribution is -0.141. The summed E-state index contributed by atoms with van der Waals surface area (Å²) in [5.74, 6) is 1.72. The van der Waals surface area contributed by atoms with Crippen molar-refractivity contribution in [3.8, 4) is 17.2 Å². The zero-order valence-corrected chi connectivity index (χ0v) is 17.6. The van der Waals surface area contributed by atoms with Crippen LogP contribution in [0.1, 0.15) is 32.3 Å². The molecule has 1 fully saturated rings. The van der Waals surface area contributed by atoms with Crippen molar-refractivity contribution in [1.82, 2.24) is 0 Å². The van der Waals surface area contributed by atoms with Gasteiger partial charge in [-0.25, -0.2) is 0 Å². The van der Waals surface area contributed by atoms with Crippen LogP contribution in [0.5, 0.6) is 17.2 Å². The molecule has 0 N–H and O–H groups in total. The van der Waals surface area contributed by atoms with Gasteiger partial charge in [-0.05, 0) is 26.3 Å². The number of ether oxygens (including phenoxy) is 5. The summed E-state index contributed by atoms with van der Waals surface area (Å²) < 4.78 is 28.5. The highest BCUT2D eigenvalue weighted by atomic mass is 16.5. The van der Waals surface area contributed by atoms with Crippen LogP contribution in [0, 0.1) is 11.8 Å². The number of carbonyl (C=O) groups excluding carboxylic acids is 1. The standard InChI is InChI=1S/C23H28O6/c1-23(2)7-6-13-8-15-19(10-17(13)29-23)28-12-16(22(15)24)14-9-20(26-4)21(27-5)11-18(14)25-3/h6-7,9,11-13,15,17,19H,8,10H2,1-5H3. The molecule has 0 aromatic heterocycles. The molecule has 1 aliphatic carbocycles. The molecule has 1 saturated carbocycles. The van der Waals surface area contributed by atoms with Gasteiger partial charge >= 0.3 is 0 Å². The Labute approximate surface area is 171 Å². The number of methoxy groups -OCH3 is 3. The van der Waals surface area contributed by atoms with Gasteiger partial charge in [-0.15, -0.1) is 0 Å². The van der Waals surface area contributed by atoms with Crippen molar-refractivity contribution in [1.29, 1.82) is 0 Å². The minimum Gasteiger partial charge on any atom is -0.496 e. The van der Waals surface area contributed by atoms with E-state index in [2.05, 4.69) is 26.0 Å². The molecule has 1 aromatic rings. The van der Waals surface area contributed by atoms with E-state index in [9.17, 15) is 4.79 Å². The van der Waals surface area contributed by atoms with Crippen LogP contribution in [0.2, 0.25) is 0 Å². The molecule has 0 radical (unpaired) electrons. The topological polar surface area (TPSA) is 63.2 Å². The molecule has 156 valence electrons. The zero-order chi connectivity index (χ0) is 20.8. The van der Waals surface area contributed by atoms with Gasteiger partial charge in [0.25, 0.3) is 0 Å². The lowest BCUT2D eigenvalue weighted by atomic mass is 9.71. The Balaban J connectivity index is 1.65. The Morgan fingerprint density at radius 3 is 2.34 bits per heavy atom. The highest BCUT2D eigenvalue weighted by Crippen LogP contribution is 2.45. The molecule has 0 bridgehead atoms. The number of hydrogen-bond donors (Lipinski definition) is 0. The molecule has 4 rings (SSSR count). The van der Waals surface area contributed by atoms with Crippen LogP contribution >= 0.6 is 0 Å². The fraction of sp³-hybridized carbons (Fsp3) is 0.522. The van der Waals surface area contributed by atoms with Crippen LogP contribution in [-0.4, -0.2) is 44.9 Å². The maximum atomic E-state index is 13.4. The molecular formula is C23H28O6. The van der Waals surface area contributed by atoms with Gasteiger partial charge in [0.2, 0.25) is 0 Å². The van der Waals surface area contributed by atoms with E-state index in [0.29, 0.717) is 41.2 Å². The van der Waals surface area contributed by atoms with Crippen LogP contribution in [0.3, 0.4) is 0 Å². The lowest BCUT2D eigenvalue weighted by Crippen LogP contribution is -2.49. The molecule has 3 aliphatic rings. The molecule has 1 aromatic carbocycles. The number of benzene rings is 1. The largest absolute Gasteiger partial charge is 0.496 e. The summed E-state index contributed by atoms with van der Waals surface area (Å²) in [5, 5.41) is 0. The second-order valence-electron chi connectivity index (χ2n) is 8.34. The molecule has 2 aliphatic heterocycles. The van der Waals surface area contributed by atoms with E-state index >= 15 is 0 Å². The summed E-state index contributed by atoms with van der Waals surface area (Å²) >= 11 is 0. The van der Waals surface area contributed by atoms with Gasteiger partial charge in [0.05, 0.1) is 50.8 Å². The number of ketones is 1. The summed E-state index contributed by atoms with van der Waals surface area (Å²) in [6, 6.07) is 3.49. The van der Waals surface area contributed by atoms with E-state index in [0.717, 1.165) is 0 Å². The molecule has 4 atom stereocenters. The molecule has 0 amide bonds. The Hall–Kier alpha value is -2.47. The van der Waals surface area contributed by atoms with E-state index in [1.807, 2.05) is 0 Å². The maximum absolute atomic E-state index is 13.4. The highest BCUT2D eigenvalue weighted by molar-refractivity contribution is 6.23. The van der Waals surface area contributed by atoms with E-state index in [-0.39, 0.29) is 35.4 Å². The molecule has 0 saturated heterocycles. The van der Waals surface area contributed by atoms with Gasteiger partial charge in [0.15, 0.2) is 17.3 Å². The van der Waals surface area contributed by atoms with Crippen LogP contribution in [0.15, 0.2) is 30.5 Å². The second-order valence-corrected chi connectivity index (χ2v) is 8.34. The average molecular weight is 400 g/mol. The van der Waals surface area contributed by atoms with Gasteiger partial charge in [0, 0.05) is 24.0 Å². The first kappa shape index (κ1) is 19.8. The second kappa shape index (κ2) is 7.41. The first-order chi connectivity index (χ1) is 13.9. The quantitative estimate of drug-likeness (QED) is 0.717. The Morgan fingerprint density at radius 1 is 0.966 bits per heavy atom. The molecular weight excluding hydrogens is 372 g/mol. The zero-order valence-electron chi connectivity index (χ0n) is 17.6. The third-order valence-corrected chi connectivity index (χ3v) is 6.08. The Morgan fingerprint density at radius 2 is 1.66 bits per heavy atom. The van der Waals surface area contributed by atoms with Crippen molar-refractivity contribution in [2.75, 3.05) is 21.3 Å². The van der Waals surface area contributed by atoms with Crippen molar-refractivity contribution in [2.45, 2.75) is 44.5 Å². The summed E-state index contributed by atoms with van der Waals surface area (Å²) in [4.78, 5) is 13.4. The summed E-state index contributed by atoms with van der Waals surface area (Å²) in [6.45, 7) is 4.11. The summed E-state index contributed by atoms with van der Waals surface area (Å²) in [5.41, 5.74) is 0.872. The van der Waals surface area contributed by atoms with Crippen molar-refractivity contribution in [3.05, 3.63) is 36.1 Å². The van der Waals surface area contributed by atoms with Crippen molar-refractivity contribution in [3.63, 3.8) is 0 Å². The third kappa shape index (κ3) is 3.50. The fourth-order valence-electron chi connectivity index (χ4n) is 4.56. The third-order valence-electron chi connectivity index (χ3n) is 6.08. The van der Waals surface area contributed by atoms with E-state index in [1.54, 1.807) is 39.7 Å². The molecule has 29 heavy (non-hydrogen) atoms. The summed E-state index contributed by atoms with van der Waals surface area (Å²) in [7, 11) is 4.70. The number of Topliss-reactive ketones (excluding diaryl/α,β-unsaturated/α-hetero) is 1. The normalized spacial score (nSPS) is 29.8. The number of allylic oxidation sites excluding steroid dienone is 1. The molecule has 2 heterocycles. The number of rotatable bonds is 4. The van der Waals surface area contributed by atoms with Crippen LogP contribution in [-0.2, 0) is 14.3 Å². The Bertz CT molecular complexity index is 868. The maximum Gasteiger partial charge on any atom is 0.173 e. The van der Waals surface area contributed by atoms with Gasteiger partial charge in [0.1, 0.15) is 11.9 Å². The lowest BCUT2D eigenvalue weighted by Gasteiger charge is -2.45. The number of hydrogen-bond acceptors (Lipinski definition) is 6. The van der Waals surface area contributed by atoms with Gasteiger partial charge in [-0.2, -0.15) is 0 Å². The monoisotopic (exact) mass is 400 g/mol. The predicted molar refractivity (Wildman–Crippen MR) is 108 cm³/mol. The number of fused-ring (bicyclic) bond motifs is 2. The number of carbonyl (C=O) groups is 1. The van der Waals surface area contributed by atoms with E-state index < -0.39 is 0 Å². The van der Waals surface area contributed by atoms with Crippen molar-refractivity contribution in [2.24, 2.45) is 11.8 Å². The van der Waals surface area contributed by atoms with E-state index in [4.69, 9.17) is 23.7 Å². The van der Waals surface area contributed by atoms with Crippen LogP contribution in [0.25, 0.3) is 5.57 Å². The van der Waals surface area contributed by atoms with E-state index in [1.165, 1.54) is 0 Å². The van der Waals surface area contributed by atoms with Crippen LogP contribution < -0.4 is 14.2 Å². The fourth-order valence-corrected chi connectivity index (χ4v) is 4.56. The average Bonchev–Trinajstić information content (AvgIpc) is 2.71. The molecule has 0 spiro atoms. The smallest absolute Gasteiger partial charge is 0.173 e. The molecule has 6 nitrogen and oxygen atoms in total. The van der Waals surface area contributed by atoms with Crippen LogP contribution in [0.4, 0.5) is 0 Å². The van der Waals surface area contributed by atoms with Crippen molar-refractivity contribution < 1.29 is 28.5 Å². The van der Waals surface area contributed by atoms with Gasteiger partial charge in [-0.3, -0.25) is 4.79 Å². The minimum absolute atomic E-state index is 0.0726. The predicted octanol–water partition coefficient (Wildman–Crippen LogP) is 3.78. The van der Waals surface area contributed by atoms with Crippen molar-refractivity contribution >= 4 is 11.4 Å². The summed E-state index contributed by atoms with van der Waals surface area (Å²) in [6.07, 6.45) is 7.20. The molecule has 6 heteroatoms. The minimum atomic E-state index is -0.277. The highest BCUT2D eigenvalue weighted by Gasteiger charge is 2.47.